The van der Waals surface area contributed by atoms with Crippen LogP contribution < -0.4 is 14.5 Å². The normalized spacial score (nSPS) is 20.1. The Morgan fingerprint density at radius 2 is 2.04 bits per heavy atom. The second-order valence-electron chi connectivity index (χ2n) is 7.17. The molecule has 0 aliphatic carbocycles. The van der Waals surface area contributed by atoms with E-state index < -0.39 is 0 Å². The fourth-order valence-corrected chi connectivity index (χ4v) is 4.20. The first-order valence-electron chi connectivity index (χ1n) is 8.63. The van der Waals surface area contributed by atoms with Crippen LogP contribution in [0, 0.1) is 5.41 Å². The molecular weight excluding hydrogens is 354 g/mol. The minimum Gasteiger partial charge on any atom is -0.489 e. The van der Waals surface area contributed by atoms with Gasteiger partial charge in [0, 0.05) is 55.1 Å². The smallest absolute Gasteiger partial charge is 0.324 e. The predicted molar refractivity (Wildman–Crippen MR) is 97.9 cm³/mol. The molecule has 4 heterocycles. The molecule has 0 bridgehead atoms. The molecule has 0 saturated carbocycles. The van der Waals surface area contributed by atoms with E-state index in [1.165, 1.54) is 0 Å². The Morgan fingerprint density at radius 1 is 1.19 bits per heavy atom. The van der Waals surface area contributed by atoms with E-state index in [9.17, 15) is 4.79 Å². The van der Waals surface area contributed by atoms with Crippen molar-refractivity contribution in [1.82, 2.24) is 14.9 Å². The van der Waals surface area contributed by atoms with Crippen molar-refractivity contribution in [2.75, 3.05) is 49.1 Å². The predicted octanol–water partition coefficient (Wildman–Crippen LogP) is 2.27. The maximum atomic E-state index is 12.9. The molecule has 0 N–H and O–H groups in total. The zero-order valence-electron chi connectivity index (χ0n) is 14.1. The Hall–Kier alpha value is -2.54. The molecule has 0 atom stereocenters. The van der Waals surface area contributed by atoms with Crippen LogP contribution in [0.5, 0.6) is 5.75 Å². The van der Waals surface area contributed by atoms with Gasteiger partial charge in [-0.25, -0.2) is 9.78 Å². The van der Waals surface area contributed by atoms with Crippen molar-refractivity contribution >= 4 is 29.1 Å². The summed E-state index contributed by atoms with van der Waals surface area (Å²) in [6.45, 7) is 4.45. The summed E-state index contributed by atoms with van der Waals surface area (Å²) in [5.74, 6) is 1.58. The van der Waals surface area contributed by atoms with Gasteiger partial charge in [0.2, 0.25) is 0 Å². The number of aromatic nitrogens is 2. The molecule has 5 rings (SSSR count). The summed E-state index contributed by atoms with van der Waals surface area (Å²) in [6.07, 6.45) is 5.17. The highest BCUT2D eigenvalue weighted by molar-refractivity contribution is 6.30. The van der Waals surface area contributed by atoms with Crippen molar-refractivity contribution in [1.29, 1.82) is 0 Å². The fraction of sp³-hybridized carbons (Fsp3) is 0.389. The molecule has 2 amide bonds. The zero-order chi connectivity index (χ0) is 17.7. The van der Waals surface area contributed by atoms with Crippen LogP contribution in [0.2, 0.25) is 5.02 Å². The van der Waals surface area contributed by atoms with Gasteiger partial charge in [0.1, 0.15) is 18.2 Å². The number of nitrogens with zero attached hydrogens (tertiary/aromatic N) is 5. The molecule has 3 aliphatic heterocycles. The number of urea groups is 1. The fourth-order valence-electron chi connectivity index (χ4n) is 4.04. The monoisotopic (exact) mass is 371 g/mol. The maximum absolute atomic E-state index is 12.9. The van der Waals surface area contributed by atoms with Crippen molar-refractivity contribution in [2.24, 2.45) is 5.41 Å². The van der Waals surface area contributed by atoms with E-state index in [4.69, 9.17) is 16.3 Å². The lowest BCUT2D eigenvalue weighted by Gasteiger charge is -2.60. The SMILES string of the molecule is O=C(N1CC2(C1)CN(c1cnccn1)C2)N1CCOc2cc(Cl)ccc21. The van der Waals surface area contributed by atoms with Crippen molar-refractivity contribution in [2.45, 2.75) is 0 Å². The first kappa shape index (κ1) is 15.7. The van der Waals surface area contributed by atoms with Crippen molar-refractivity contribution in [3.8, 4) is 5.75 Å². The number of rotatable bonds is 1. The number of likely N-dealkylation sites (tertiary alicyclic amines) is 1. The van der Waals surface area contributed by atoms with Crippen LogP contribution in [0.3, 0.4) is 0 Å². The summed E-state index contributed by atoms with van der Waals surface area (Å²) in [5, 5.41) is 0.611. The van der Waals surface area contributed by atoms with Gasteiger partial charge in [-0.1, -0.05) is 11.6 Å². The van der Waals surface area contributed by atoms with E-state index in [1.54, 1.807) is 35.6 Å². The summed E-state index contributed by atoms with van der Waals surface area (Å²) in [6, 6.07) is 5.44. The van der Waals surface area contributed by atoms with E-state index in [1.807, 2.05) is 11.0 Å². The van der Waals surface area contributed by atoms with Crippen LogP contribution in [0.25, 0.3) is 0 Å². The molecule has 7 nitrogen and oxygen atoms in total. The van der Waals surface area contributed by atoms with E-state index in [-0.39, 0.29) is 11.4 Å². The number of benzene rings is 1. The van der Waals surface area contributed by atoms with Gasteiger partial charge in [0.25, 0.3) is 0 Å². The Morgan fingerprint density at radius 3 is 2.81 bits per heavy atom. The Bertz CT molecular complexity index is 848. The second kappa shape index (κ2) is 5.74. The molecule has 0 unspecified atom stereocenters. The van der Waals surface area contributed by atoms with Gasteiger partial charge in [-0.15, -0.1) is 0 Å². The number of hydrogen-bond donors (Lipinski definition) is 0. The van der Waals surface area contributed by atoms with Crippen LogP contribution >= 0.6 is 11.6 Å². The molecule has 2 aromatic rings. The summed E-state index contributed by atoms with van der Waals surface area (Å²) in [5.41, 5.74) is 0.990. The van der Waals surface area contributed by atoms with Crippen molar-refractivity contribution in [3.63, 3.8) is 0 Å². The molecule has 8 heteroatoms. The molecule has 1 aromatic carbocycles. The topological polar surface area (TPSA) is 61.8 Å². The van der Waals surface area contributed by atoms with Crippen LogP contribution in [0.1, 0.15) is 0 Å². The minimum atomic E-state index is 0.0421. The van der Waals surface area contributed by atoms with Crippen LogP contribution in [-0.4, -0.2) is 60.2 Å². The molecule has 0 radical (unpaired) electrons. The van der Waals surface area contributed by atoms with E-state index in [0.717, 1.165) is 37.7 Å². The number of anilines is 2. The molecule has 2 fully saturated rings. The average Bonchev–Trinajstić information content (AvgIpc) is 2.59. The summed E-state index contributed by atoms with van der Waals surface area (Å²) < 4.78 is 5.64. The van der Waals surface area contributed by atoms with Gasteiger partial charge < -0.3 is 14.5 Å². The van der Waals surface area contributed by atoms with Gasteiger partial charge in [-0.05, 0) is 12.1 Å². The van der Waals surface area contributed by atoms with E-state index in [0.29, 0.717) is 23.9 Å². The number of halogens is 1. The number of ether oxygens (including phenoxy) is 1. The molecule has 1 spiro atoms. The lowest BCUT2D eigenvalue weighted by atomic mass is 9.73. The molecule has 2 saturated heterocycles. The first-order valence-corrected chi connectivity index (χ1v) is 9.01. The summed E-state index contributed by atoms with van der Waals surface area (Å²) in [7, 11) is 0. The molecule has 1 aromatic heterocycles. The van der Waals surface area contributed by atoms with Gasteiger partial charge in [0.15, 0.2) is 0 Å². The van der Waals surface area contributed by atoms with E-state index in [2.05, 4.69) is 14.9 Å². The number of fused-ring (bicyclic) bond motifs is 1. The van der Waals surface area contributed by atoms with Crippen LogP contribution in [0.15, 0.2) is 36.8 Å². The molecule has 26 heavy (non-hydrogen) atoms. The molecular formula is C18H18ClN5O2. The van der Waals surface area contributed by atoms with Crippen LogP contribution in [0.4, 0.5) is 16.3 Å². The van der Waals surface area contributed by atoms with Crippen molar-refractivity contribution < 1.29 is 9.53 Å². The standard InChI is InChI=1S/C18H18ClN5O2/c19-13-1-2-14-15(7-13)26-6-5-24(14)17(25)23-11-18(12-23)9-22(10-18)16-8-20-3-4-21-16/h1-4,7-8H,5-6,9-12H2. The second-order valence-corrected chi connectivity index (χ2v) is 7.61. The number of amides is 2. The third-order valence-electron chi connectivity index (χ3n) is 5.27. The lowest BCUT2D eigenvalue weighted by molar-refractivity contribution is 0.00925. The first-order chi connectivity index (χ1) is 12.6. The Kier molecular flexibility index (Phi) is 3.46. The number of hydrogen-bond acceptors (Lipinski definition) is 5. The number of carbonyl (C=O) groups excluding carboxylic acids is 1. The highest BCUT2D eigenvalue weighted by Gasteiger charge is 2.54. The third-order valence-corrected chi connectivity index (χ3v) is 5.50. The Balaban J connectivity index is 1.24. The minimum absolute atomic E-state index is 0.0421. The molecule has 3 aliphatic rings. The summed E-state index contributed by atoms with van der Waals surface area (Å²) >= 11 is 6.02. The largest absolute Gasteiger partial charge is 0.489 e. The van der Waals surface area contributed by atoms with Gasteiger partial charge >= 0.3 is 6.03 Å². The third kappa shape index (κ3) is 2.46. The van der Waals surface area contributed by atoms with Crippen molar-refractivity contribution in [3.05, 3.63) is 41.8 Å². The Labute approximate surface area is 156 Å². The number of carbonyl (C=O) groups is 1. The highest BCUT2D eigenvalue weighted by atomic mass is 35.5. The quantitative estimate of drug-likeness (QED) is 0.769. The van der Waals surface area contributed by atoms with E-state index >= 15 is 0 Å². The van der Waals surface area contributed by atoms with Gasteiger partial charge in [0.05, 0.1) is 18.4 Å². The van der Waals surface area contributed by atoms with Crippen LogP contribution in [-0.2, 0) is 0 Å². The van der Waals surface area contributed by atoms with Gasteiger partial charge in [-0.3, -0.25) is 9.88 Å². The lowest BCUT2D eigenvalue weighted by Crippen LogP contribution is -2.74. The maximum Gasteiger partial charge on any atom is 0.324 e. The zero-order valence-corrected chi connectivity index (χ0v) is 14.9. The summed E-state index contributed by atoms with van der Waals surface area (Å²) in [4.78, 5) is 27.3. The van der Waals surface area contributed by atoms with Gasteiger partial charge in [-0.2, -0.15) is 0 Å². The highest BCUT2D eigenvalue weighted by Crippen LogP contribution is 2.42. The molecule has 134 valence electrons. The average molecular weight is 372 g/mol.